The molecule has 3 aromatic carbocycles. The van der Waals surface area contributed by atoms with Crippen molar-refractivity contribution in [2.75, 3.05) is 6.54 Å². The lowest BCUT2D eigenvalue weighted by molar-refractivity contribution is -0.137. The number of carbonyl (C=O) groups is 1. The van der Waals surface area contributed by atoms with Crippen LogP contribution in [0.25, 0.3) is 11.1 Å². The molecule has 0 radical (unpaired) electrons. The van der Waals surface area contributed by atoms with Gasteiger partial charge in [0.05, 0.1) is 11.6 Å². The molecule has 1 N–H and O–H groups in total. The molecular formula is C25H23F3N2O. The number of halogens is 3. The van der Waals surface area contributed by atoms with Crippen LogP contribution >= 0.6 is 0 Å². The van der Waals surface area contributed by atoms with Crippen molar-refractivity contribution >= 4 is 6.03 Å². The number of hydrogen-bond acceptors (Lipinski definition) is 1. The average molecular weight is 424 g/mol. The van der Waals surface area contributed by atoms with Gasteiger partial charge in [0.25, 0.3) is 0 Å². The van der Waals surface area contributed by atoms with Gasteiger partial charge in [0.2, 0.25) is 0 Å². The van der Waals surface area contributed by atoms with E-state index in [9.17, 15) is 18.0 Å². The second kappa shape index (κ2) is 8.46. The minimum Gasteiger partial charge on any atom is -0.331 e. The van der Waals surface area contributed by atoms with Crippen molar-refractivity contribution in [3.63, 3.8) is 0 Å². The molecule has 1 aliphatic rings. The van der Waals surface area contributed by atoms with Crippen LogP contribution in [0.3, 0.4) is 0 Å². The number of fused-ring (bicyclic) bond motifs is 1. The number of benzene rings is 3. The number of carbonyl (C=O) groups excluding carboxylic acids is 1. The molecule has 3 aromatic rings. The Morgan fingerprint density at radius 1 is 0.968 bits per heavy atom. The Kier molecular flexibility index (Phi) is 5.72. The van der Waals surface area contributed by atoms with E-state index in [4.69, 9.17) is 0 Å². The van der Waals surface area contributed by atoms with E-state index < -0.39 is 11.7 Å². The van der Waals surface area contributed by atoms with Gasteiger partial charge in [0.15, 0.2) is 0 Å². The van der Waals surface area contributed by atoms with Gasteiger partial charge in [-0.2, -0.15) is 13.2 Å². The smallest absolute Gasteiger partial charge is 0.331 e. The first-order chi connectivity index (χ1) is 14.8. The Balaban J connectivity index is 1.50. The maximum absolute atomic E-state index is 12.9. The number of hydrogen-bond donors (Lipinski definition) is 1. The van der Waals surface area contributed by atoms with Crippen LogP contribution < -0.4 is 5.32 Å². The summed E-state index contributed by atoms with van der Waals surface area (Å²) in [7, 11) is 0. The van der Waals surface area contributed by atoms with Crippen LogP contribution in [0.1, 0.15) is 35.2 Å². The summed E-state index contributed by atoms with van der Waals surface area (Å²) in [5, 5.41) is 3.04. The molecule has 0 saturated heterocycles. The molecular weight excluding hydrogens is 401 g/mol. The summed E-state index contributed by atoms with van der Waals surface area (Å²) in [5.41, 5.74) is 4.16. The maximum atomic E-state index is 12.9. The van der Waals surface area contributed by atoms with Gasteiger partial charge in [-0.15, -0.1) is 0 Å². The molecule has 6 heteroatoms. The Hall–Kier alpha value is -3.28. The number of nitrogens with one attached hydrogen (secondary N) is 1. The second-order valence-electron chi connectivity index (χ2n) is 7.77. The predicted molar refractivity (Wildman–Crippen MR) is 114 cm³/mol. The molecule has 1 aliphatic heterocycles. The van der Waals surface area contributed by atoms with E-state index in [-0.39, 0.29) is 12.1 Å². The number of alkyl halides is 3. The molecule has 3 nitrogen and oxygen atoms in total. The first-order valence-corrected chi connectivity index (χ1v) is 10.2. The molecule has 0 aromatic heterocycles. The highest BCUT2D eigenvalue weighted by Crippen LogP contribution is 2.34. The zero-order valence-corrected chi connectivity index (χ0v) is 17.1. The largest absolute Gasteiger partial charge is 0.416 e. The van der Waals surface area contributed by atoms with Crippen molar-refractivity contribution in [1.29, 1.82) is 0 Å². The molecule has 0 saturated carbocycles. The molecule has 2 amide bonds. The van der Waals surface area contributed by atoms with Crippen LogP contribution in [0.4, 0.5) is 18.0 Å². The molecule has 0 bridgehead atoms. The third-order valence-electron chi connectivity index (χ3n) is 5.72. The number of nitrogens with zero attached hydrogens (tertiary/aromatic N) is 1. The first-order valence-electron chi connectivity index (χ1n) is 10.2. The highest BCUT2D eigenvalue weighted by Gasteiger charge is 2.30. The SMILES string of the molecule is C[C@H](NC(=O)N1CCc2c(cccc2-c2ccc(C(F)(F)F)cc2)C1)c1ccccc1. The van der Waals surface area contributed by atoms with Crippen LogP contribution in [0.5, 0.6) is 0 Å². The fourth-order valence-corrected chi connectivity index (χ4v) is 3.99. The fraction of sp³-hybridized carbons (Fsp3) is 0.240. The van der Waals surface area contributed by atoms with Crippen molar-refractivity contribution in [2.24, 2.45) is 0 Å². The molecule has 31 heavy (non-hydrogen) atoms. The molecule has 0 spiro atoms. The van der Waals surface area contributed by atoms with Gasteiger partial charge in [-0.1, -0.05) is 60.7 Å². The fourth-order valence-electron chi connectivity index (χ4n) is 3.99. The summed E-state index contributed by atoms with van der Waals surface area (Å²) in [6.07, 6.45) is -3.70. The van der Waals surface area contributed by atoms with Crippen LogP contribution in [-0.2, 0) is 19.1 Å². The standard InChI is InChI=1S/C25H23F3N2O/c1-17(18-6-3-2-4-7-18)29-24(31)30-15-14-23-20(16-30)8-5-9-22(23)19-10-12-21(13-11-19)25(26,27)28/h2-13,17H,14-16H2,1H3,(H,29,31)/t17-/m0/s1. The quantitative estimate of drug-likeness (QED) is 0.533. The van der Waals surface area contributed by atoms with E-state index in [0.29, 0.717) is 19.5 Å². The first kappa shape index (κ1) is 21.0. The zero-order chi connectivity index (χ0) is 22.0. The van der Waals surface area contributed by atoms with Crippen LogP contribution in [-0.4, -0.2) is 17.5 Å². The summed E-state index contributed by atoms with van der Waals surface area (Å²) in [6, 6.07) is 20.6. The van der Waals surface area contributed by atoms with Gasteiger partial charge in [-0.25, -0.2) is 4.79 Å². The van der Waals surface area contributed by atoms with E-state index >= 15 is 0 Å². The van der Waals surface area contributed by atoms with Crippen molar-refractivity contribution in [2.45, 2.75) is 32.1 Å². The van der Waals surface area contributed by atoms with Crippen molar-refractivity contribution < 1.29 is 18.0 Å². The minimum atomic E-state index is -4.35. The van der Waals surface area contributed by atoms with Crippen LogP contribution in [0.2, 0.25) is 0 Å². The van der Waals surface area contributed by atoms with Crippen molar-refractivity contribution in [1.82, 2.24) is 10.2 Å². The number of urea groups is 1. The van der Waals surface area contributed by atoms with Crippen LogP contribution in [0.15, 0.2) is 72.8 Å². The summed E-state index contributed by atoms with van der Waals surface area (Å²) >= 11 is 0. The minimum absolute atomic E-state index is 0.103. The number of rotatable bonds is 3. The Morgan fingerprint density at radius 3 is 2.35 bits per heavy atom. The van der Waals surface area contributed by atoms with E-state index in [2.05, 4.69) is 5.32 Å². The third kappa shape index (κ3) is 4.58. The molecule has 4 rings (SSSR count). The number of amides is 2. The lowest BCUT2D eigenvalue weighted by Gasteiger charge is -2.31. The topological polar surface area (TPSA) is 32.3 Å². The van der Waals surface area contributed by atoms with Gasteiger partial charge in [-0.05, 0) is 53.3 Å². The Labute approximate surface area is 179 Å². The van der Waals surface area contributed by atoms with E-state index in [0.717, 1.165) is 39.9 Å². The van der Waals surface area contributed by atoms with Crippen molar-refractivity contribution in [3.05, 3.63) is 95.1 Å². The normalized spacial score (nSPS) is 14.6. The maximum Gasteiger partial charge on any atom is 0.416 e. The summed E-state index contributed by atoms with van der Waals surface area (Å²) in [5.74, 6) is 0. The lowest BCUT2D eigenvalue weighted by Crippen LogP contribution is -2.43. The van der Waals surface area contributed by atoms with Gasteiger partial charge in [0, 0.05) is 13.1 Å². The Bertz CT molecular complexity index is 1060. The highest BCUT2D eigenvalue weighted by atomic mass is 19.4. The molecule has 1 atom stereocenters. The van der Waals surface area contributed by atoms with E-state index in [1.54, 1.807) is 4.90 Å². The van der Waals surface area contributed by atoms with E-state index in [1.807, 2.05) is 55.5 Å². The summed E-state index contributed by atoms with van der Waals surface area (Å²) in [6.45, 7) is 2.98. The average Bonchev–Trinajstić information content (AvgIpc) is 2.78. The van der Waals surface area contributed by atoms with Gasteiger partial charge in [-0.3, -0.25) is 0 Å². The van der Waals surface area contributed by atoms with Gasteiger partial charge in [0.1, 0.15) is 0 Å². The monoisotopic (exact) mass is 424 g/mol. The third-order valence-corrected chi connectivity index (χ3v) is 5.72. The summed E-state index contributed by atoms with van der Waals surface area (Å²) < 4.78 is 38.6. The van der Waals surface area contributed by atoms with E-state index in [1.165, 1.54) is 12.1 Å². The van der Waals surface area contributed by atoms with Gasteiger partial charge >= 0.3 is 12.2 Å². The summed E-state index contributed by atoms with van der Waals surface area (Å²) in [4.78, 5) is 14.6. The lowest BCUT2D eigenvalue weighted by atomic mass is 9.90. The predicted octanol–water partition coefficient (Wildman–Crippen LogP) is 6.20. The highest BCUT2D eigenvalue weighted by molar-refractivity contribution is 5.76. The second-order valence-corrected chi connectivity index (χ2v) is 7.77. The van der Waals surface area contributed by atoms with Crippen molar-refractivity contribution in [3.8, 4) is 11.1 Å². The van der Waals surface area contributed by atoms with Gasteiger partial charge < -0.3 is 10.2 Å². The molecule has 1 heterocycles. The molecule has 0 unspecified atom stereocenters. The van der Waals surface area contributed by atoms with Crippen LogP contribution in [0, 0.1) is 0 Å². The zero-order valence-electron chi connectivity index (χ0n) is 17.1. The Morgan fingerprint density at radius 2 is 1.68 bits per heavy atom. The molecule has 0 aliphatic carbocycles. The molecule has 0 fully saturated rings. The molecule has 160 valence electrons.